The summed E-state index contributed by atoms with van der Waals surface area (Å²) in [5, 5.41) is 4.60. The van der Waals surface area contributed by atoms with Crippen LogP contribution in [0.4, 0.5) is 0 Å². The minimum absolute atomic E-state index is 0.562. The quantitative estimate of drug-likeness (QED) is 0.162. The van der Waals surface area contributed by atoms with Gasteiger partial charge in [-0.3, -0.25) is 9.13 Å². The maximum absolute atomic E-state index is 5.32. The maximum atomic E-state index is 5.32. The van der Waals surface area contributed by atoms with Gasteiger partial charge in [0.15, 0.2) is 5.82 Å². The van der Waals surface area contributed by atoms with Gasteiger partial charge in [0.1, 0.15) is 0 Å². The molecule has 0 spiro atoms. The molecule has 0 saturated carbocycles. The summed E-state index contributed by atoms with van der Waals surface area (Å²) in [5.41, 5.74) is 14.4. The summed E-state index contributed by atoms with van der Waals surface area (Å²) in [4.78, 5) is 15.9. The monoisotopic (exact) mass is 791 g/mol. The van der Waals surface area contributed by atoms with Gasteiger partial charge in [-0.15, -0.1) is 0 Å². The zero-order valence-corrected chi connectivity index (χ0v) is 33.6. The van der Waals surface area contributed by atoms with Gasteiger partial charge in [0.05, 0.1) is 22.1 Å². The van der Waals surface area contributed by atoms with Crippen LogP contribution in [0.1, 0.15) is 0 Å². The Morgan fingerprint density at radius 1 is 0.226 bits per heavy atom. The van der Waals surface area contributed by atoms with Gasteiger partial charge >= 0.3 is 0 Å². The van der Waals surface area contributed by atoms with Gasteiger partial charge in [0.2, 0.25) is 11.9 Å². The fourth-order valence-corrected chi connectivity index (χ4v) is 9.04. The first-order valence-electron chi connectivity index (χ1n) is 20.9. The minimum atomic E-state index is 0.562. The molecule has 0 bridgehead atoms. The highest BCUT2D eigenvalue weighted by atomic mass is 15.3. The number of aromatic nitrogens is 5. The Balaban J connectivity index is 0.996. The van der Waals surface area contributed by atoms with Crippen molar-refractivity contribution in [2.24, 2.45) is 0 Å². The Labute approximate surface area is 358 Å². The highest BCUT2D eigenvalue weighted by Gasteiger charge is 2.20. The molecule has 3 heterocycles. The molecule has 0 aliphatic rings. The van der Waals surface area contributed by atoms with Gasteiger partial charge in [-0.1, -0.05) is 176 Å². The Morgan fingerprint density at radius 2 is 0.532 bits per heavy atom. The van der Waals surface area contributed by atoms with Crippen molar-refractivity contribution in [3.63, 3.8) is 0 Å². The first kappa shape index (κ1) is 35.5. The van der Waals surface area contributed by atoms with Crippen LogP contribution >= 0.6 is 0 Å². The first-order valence-corrected chi connectivity index (χ1v) is 20.9. The third kappa shape index (κ3) is 6.06. The molecule has 0 unspecified atom stereocenters. The van der Waals surface area contributed by atoms with Gasteiger partial charge in [0.25, 0.3) is 0 Å². The molecule has 0 fully saturated rings. The molecule has 3 aromatic heterocycles. The average molecular weight is 792 g/mol. The van der Waals surface area contributed by atoms with E-state index < -0.39 is 0 Å². The highest BCUT2D eigenvalue weighted by Crippen LogP contribution is 2.37. The van der Waals surface area contributed by atoms with E-state index in [4.69, 9.17) is 15.0 Å². The summed E-state index contributed by atoms with van der Waals surface area (Å²) in [6.45, 7) is 0. The van der Waals surface area contributed by atoms with Crippen molar-refractivity contribution in [3.05, 3.63) is 224 Å². The molecule has 5 nitrogen and oxygen atoms in total. The number of benzene rings is 9. The average Bonchev–Trinajstić information content (AvgIpc) is 3.88. The molecule has 290 valence electrons. The smallest absolute Gasteiger partial charge is 0.240 e. The summed E-state index contributed by atoms with van der Waals surface area (Å²) in [6, 6.07) is 79.4. The van der Waals surface area contributed by atoms with Gasteiger partial charge in [0, 0.05) is 27.1 Å². The van der Waals surface area contributed by atoms with E-state index in [-0.39, 0.29) is 0 Å². The van der Waals surface area contributed by atoms with Gasteiger partial charge < -0.3 is 0 Å². The summed E-state index contributed by atoms with van der Waals surface area (Å²) >= 11 is 0. The second kappa shape index (κ2) is 14.7. The molecule has 12 aromatic rings. The van der Waals surface area contributed by atoms with Crippen molar-refractivity contribution < 1.29 is 0 Å². The normalized spacial score (nSPS) is 11.5. The van der Waals surface area contributed by atoms with Crippen molar-refractivity contribution in [3.8, 4) is 67.8 Å². The SMILES string of the molecule is c1ccc(-c2cc(-c3ccccc3)cc(-c3ccc(-c4cccc(-c5nc(-n6c7ccccc7c7ccccc76)nc(-n6c7ccccc7c7ccccc76)n5)c4)cc3)c2)cc1. The van der Waals surface area contributed by atoms with Crippen molar-refractivity contribution in [1.82, 2.24) is 24.1 Å². The van der Waals surface area contributed by atoms with E-state index >= 15 is 0 Å². The molecule has 0 aliphatic heterocycles. The molecule has 0 atom stereocenters. The lowest BCUT2D eigenvalue weighted by Gasteiger charge is -2.13. The molecule has 0 N–H and O–H groups in total. The summed E-state index contributed by atoms with van der Waals surface area (Å²) in [7, 11) is 0. The molecule has 0 aliphatic carbocycles. The highest BCUT2D eigenvalue weighted by molar-refractivity contribution is 6.10. The molecular weight excluding hydrogens is 755 g/mol. The predicted molar refractivity (Wildman–Crippen MR) is 256 cm³/mol. The van der Waals surface area contributed by atoms with Gasteiger partial charge in [-0.05, 0) is 93.0 Å². The van der Waals surface area contributed by atoms with Crippen LogP contribution in [0, 0.1) is 0 Å². The van der Waals surface area contributed by atoms with Gasteiger partial charge in [-0.2, -0.15) is 15.0 Å². The fourth-order valence-electron chi connectivity index (χ4n) is 9.04. The molecule has 12 rings (SSSR count). The molecule has 9 aromatic carbocycles. The van der Waals surface area contributed by atoms with Crippen molar-refractivity contribution >= 4 is 43.6 Å². The lowest BCUT2D eigenvalue weighted by atomic mass is 9.92. The van der Waals surface area contributed by atoms with Crippen molar-refractivity contribution in [2.45, 2.75) is 0 Å². The lowest BCUT2D eigenvalue weighted by molar-refractivity contribution is 0.893. The molecule has 0 amide bonds. The number of rotatable bonds is 7. The van der Waals surface area contributed by atoms with Gasteiger partial charge in [-0.25, -0.2) is 0 Å². The molecule has 62 heavy (non-hydrogen) atoms. The molecular formula is C57H37N5. The van der Waals surface area contributed by atoms with Crippen LogP contribution < -0.4 is 0 Å². The molecule has 0 radical (unpaired) electrons. The van der Waals surface area contributed by atoms with E-state index in [2.05, 4.69) is 234 Å². The zero-order valence-electron chi connectivity index (χ0n) is 33.6. The third-order valence-electron chi connectivity index (χ3n) is 12.0. The fraction of sp³-hybridized carbons (Fsp3) is 0. The van der Waals surface area contributed by atoms with E-state index in [9.17, 15) is 0 Å². The number of fused-ring (bicyclic) bond motifs is 6. The largest absolute Gasteiger partial charge is 0.278 e. The van der Waals surface area contributed by atoms with Crippen LogP contribution in [0.15, 0.2) is 224 Å². The van der Waals surface area contributed by atoms with Crippen LogP contribution in [0.5, 0.6) is 0 Å². The zero-order chi connectivity index (χ0) is 41.0. The van der Waals surface area contributed by atoms with Crippen molar-refractivity contribution in [1.29, 1.82) is 0 Å². The van der Waals surface area contributed by atoms with Crippen molar-refractivity contribution in [2.75, 3.05) is 0 Å². The number of nitrogens with zero attached hydrogens (tertiary/aromatic N) is 5. The standard InChI is InChI=1S/C57H37N5/c1-3-16-38(17-4-1)44-35-45(39-18-5-2-6-19-39)37-46(36-44)41-32-30-40(31-33-41)42-20-15-21-43(34-42)55-58-56(61-51-26-11-7-22-47(51)48-23-8-12-27-52(48)61)60-57(59-55)62-53-28-13-9-24-49(53)50-25-10-14-29-54(50)62/h1-37H. The Morgan fingerprint density at radius 3 is 0.952 bits per heavy atom. The van der Waals surface area contributed by atoms with Crippen LogP contribution in [-0.2, 0) is 0 Å². The summed E-state index contributed by atoms with van der Waals surface area (Å²) in [5.74, 6) is 1.72. The molecule has 0 saturated heterocycles. The van der Waals surface area contributed by atoms with E-state index in [1.807, 2.05) is 0 Å². The second-order valence-electron chi connectivity index (χ2n) is 15.7. The first-order chi connectivity index (χ1) is 30.7. The Kier molecular flexibility index (Phi) is 8.42. The van der Waals surface area contributed by atoms with E-state index in [1.54, 1.807) is 0 Å². The van der Waals surface area contributed by atoms with E-state index in [1.165, 1.54) is 27.8 Å². The topological polar surface area (TPSA) is 48.5 Å². The maximum Gasteiger partial charge on any atom is 0.240 e. The van der Waals surface area contributed by atoms with E-state index in [0.29, 0.717) is 17.7 Å². The number of hydrogen-bond donors (Lipinski definition) is 0. The predicted octanol–water partition coefficient (Wildman–Crippen LogP) is 14.4. The van der Waals surface area contributed by atoms with E-state index in [0.717, 1.165) is 65.9 Å². The van der Waals surface area contributed by atoms with Crippen LogP contribution in [-0.4, -0.2) is 24.1 Å². The Hall–Kier alpha value is -8.41. The number of hydrogen-bond acceptors (Lipinski definition) is 3. The molecule has 5 heteroatoms. The van der Waals surface area contributed by atoms with Crippen LogP contribution in [0.3, 0.4) is 0 Å². The number of para-hydroxylation sites is 4. The third-order valence-corrected chi connectivity index (χ3v) is 12.0. The summed E-state index contributed by atoms with van der Waals surface area (Å²) in [6.07, 6.45) is 0. The van der Waals surface area contributed by atoms with Crippen LogP contribution in [0.2, 0.25) is 0 Å². The second-order valence-corrected chi connectivity index (χ2v) is 15.7. The Bertz CT molecular complexity index is 3330. The summed E-state index contributed by atoms with van der Waals surface area (Å²) < 4.78 is 4.34. The van der Waals surface area contributed by atoms with Crippen LogP contribution in [0.25, 0.3) is 111 Å². The minimum Gasteiger partial charge on any atom is -0.278 e. The lowest BCUT2D eigenvalue weighted by Crippen LogP contribution is -2.10.